The lowest BCUT2D eigenvalue weighted by Gasteiger charge is -2.32. The van der Waals surface area contributed by atoms with E-state index in [1.54, 1.807) is 19.2 Å². The Morgan fingerprint density at radius 2 is 2.05 bits per heavy atom. The van der Waals surface area contributed by atoms with Crippen LogP contribution < -0.4 is 5.32 Å². The summed E-state index contributed by atoms with van der Waals surface area (Å²) in [7, 11) is 0. The van der Waals surface area contributed by atoms with Crippen molar-refractivity contribution >= 4 is 11.9 Å². The Morgan fingerprint density at radius 3 is 2.67 bits per heavy atom. The van der Waals surface area contributed by atoms with Gasteiger partial charge in [0.15, 0.2) is 0 Å². The summed E-state index contributed by atoms with van der Waals surface area (Å²) in [6.07, 6.45) is 5.67. The first-order chi connectivity index (χ1) is 10.0. The molecule has 0 aromatic carbocycles. The van der Waals surface area contributed by atoms with Crippen LogP contribution >= 0.6 is 0 Å². The Balaban J connectivity index is 1.92. The summed E-state index contributed by atoms with van der Waals surface area (Å²) in [6.45, 7) is 2.09. The third-order valence-corrected chi connectivity index (χ3v) is 4.06. The van der Waals surface area contributed by atoms with E-state index in [0.29, 0.717) is 25.2 Å². The van der Waals surface area contributed by atoms with Crippen LogP contribution in [0.2, 0.25) is 0 Å². The van der Waals surface area contributed by atoms with Gasteiger partial charge in [-0.15, -0.1) is 0 Å². The van der Waals surface area contributed by atoms with Crippen molar-refractivity contribution in [1.29, 1.82) is 0 Å². The molecule has 0 atom stereocenters. The molecule has 1 aliphatic rings. The van der Waals surface area contributed by atoms with Gasteiger partial charge in [0, 0.05) is 12.6 Å². The van der Waals surface area contributed by atoms with Crippen molar-refractivity contribution < 1.29 is 14.7 Å². The number of carbonyl (C=O) groups is 2. The van der Waals surface area contributed by atoms with Gasteiger partial charge in [0.1, 0.15) is 5.82 Å². The highest BCUT2D eigenvalue weighted by Crippen LogP contribution is 2.39. The Kier molecular flexibility index (Phi) is 4.88. The monoisotopic (exact) mass is 291 g/mol. The average molecular weight is 291 g/mol. The fraction of sp³-hybridized carbons (Fsp3) is 0.600. The van der Waals surface area contributed by atoms with E-state index >= 15 is 0 Å². The molecule has 2 N–H and O–H groups in total. The molecule has 1 heterocycles. The van der Waals surface area contributed by atoms with E-state index in [4.69, 9.17) is 0 Å². The highest BCUT2D eigenvalue weighted by atomic mass is 16.4. The summed E-state index contributed by atoms with van der Waals surface area (Å²) in [5.41, 5.74) is -0.159. The molecule has 1 aliphatic carbocycles. The van der Waals surface area contributed by atoms with Gasteiger partial charge < -0.3 is 10.4 Å². The maximum Gasteiger partial charge on any atom is 0.310 e. The highest BCUT2D eigenvalue weighted by Gasteiger charge is 2.41. The number of aryl methyl sites for hydroxylation is 1. The smallest absolute Gasteiger partial charge is 0.310 e. The average Bonchev–Trinajstić information content (AvgIpc) is 2.46. The zero-order valence-electron chi connectivity index (χ0n) is 12.3. The minimum Gasteiger partial charge on any atom is -0.481 e. The van der Waals surface area contributed by atoms with Crippen LogP contribution in [0.15, 0.2) is 12.3 Å². The molecular weight excluding hydrogens is 270 g/mol. The van der Waals surface area contributed by atoms with Crippen molar-refractivity contribution in [2.24, 2.45) is 5.41 Å². The number of aliphatic carboxylic acids is 1. The van der Waals surface area contributed by atoms with E-state index in [-0.39, 0.29) is 12.3 Å². The van der Waals surface area contributed by atoms with Crippen molar-refractivity contribution in [2.75, 3.05) is 0 Å². The number of nitrogens with one attached hydrogen (secondary N) is 1. The predicted octanol–water partition coefficient (Wildman–Crippen LogP) is 1.83. The Hall–Kier alpha value is -1.98. The normalized spacial score (nSPS) is 17.2. The fourth-order valence-corrected chi connectivity index (χ4v) is 2.86. The summed E-state index contributed by atoms with van der Waals surface area (Å²) in [6, 6.07) is 1.74. The van der Waals surface area contributed by atoms with E-state index in [9.17, 15) is 14.7 Å². The van der Waals surface area contributed by atoms with E-state index in [1.807, 2.05) is 0 Å². The van der Waals surface area contributed by atoms with Crippen LogP contribution in [-0.4, -0.2) is 27.0 Å². The number of carboxylic acid groups (broad SMARTS) is 1. The van der Waals surface area contributed by atoms with Gasteiger partial charge in [-0.2, -0.15) is 0 Å². The van der Waals surface area contributed by atoms with Gasteiger partial charge >= 0.3 is 5.97 Å². The zero-order valence-corrected chi connectivity index (χ0v) is 12.3. The SMILES string of the molecule is Cc1nccc(CNC(=O)CC2(C(=O)O)CCCCC2)n1. The molecule has 0 spiro atoms. The molecule has 6 heteroatoms. The Morgan fingerprint density at radius 1 is 1.33 bits per heavy atom. The van der Waals surface area contributed by atoms with Crippen LogP contribution in [0.1, 0.15) is 50.0 Å². The first-order valence-electron chi connectivity index (χ1n) is 7.30. The number of amides is 1. The minimum atomic E-state index is -0.885. The minimum absolute atomic E-state index is 0.0480. The third kappa shape index (κ3) is 4.00. The molecule has 1 aromatic rings. The number of hydrogen-bond acceptors (Lipinski definition) is 4. The summed E-state index contributed by atoms with van der Waals surface area (Å²) >= 11 is 0. The highest BCUT2D eigenvalue weighted by molar-refractivity contribution is 5.85. The van der Waals surface area contributed by atoms with Crippen molar-refractivity contribution in [2.45, 2.75) is 52.0 Å². The van der Waals surface area contributed by atoms with Crippen molar-refractivity contribution in [3.63, 3.8) is 0 Å². The van der Waals surface area contributed by atoms with Crippen LogP contribution in [0, 0.1) is 12.3 Å². The largest absolute Gasteiger partial charge is 0.481 e. The summed E-state index contributed by atoms with van der Waals surface area (Å²) < 4.78 is 0. The van der Waals surface area contributed by atoms with Crippen LogP contribution in [0.5, 0.6) is 0 Å². The van der Waals surface area contributed by atoms with Crippen LogP contribution in [0.3, 0.4) is 0 Å². The first kappa shape index (κ1) is 15.4. The van der Waals surface area contributed by atoms with Crippen molar-refractivity contribution in [1.82, 2.24) is 15.3 Å². The Bertz CT molecular complexity index is 525. The molecule has 1 saturated carbocycles. The van der Waals surface area contributed by atoms with Gasteiger partial charge in [-0.05, 0) is 25.8 Å². The predicted molar refractivity (Wildman–Crippen MR) is 76.4 cm³/mol. The lowest BCUT2D eigenvalue weighted by Crippen LogP contribution is -2.39. The molecule has 0 radical (unpaired) electrons. The van der Waals surface area contributed by atoms with E-state index < -0.39 is 11.4 Å². The van der Waals surface area contributed by atoms with Crippen LogP contribution in [0.25, 0.3) is 0 Å². The molecule has 0 aliphatic heterocycles. The second-order valence-electron chi connectivity index (χ2n) is 5.69. The number of aromatic nitrogens is 2. The topological polar surface area (TPSA) is 92.2 Å². The number of carbonyl (C=O) groups excluding carboxylic acids is 1. The maximum atomic E-state index is 12.1. The Labute approximate surface area is 124 Å². The molecule has 2 rings (SSSR count). The molecular formula is C15H21N3O3. The second-order valence-corrected chi connectivity index (χ2v) is 5.69. The first-order valence-corrected chi connectivity index (χ1v) is 7.30. The summed E-state index contributed by atoms with van der Waals surface area (Å²) in [5.74, 6) is -0.429. The van der Waals surface area contributed by atoms with Gasteiger partial charge in [0.25, 0.3) is 0 Å². The number of hydrogen-bond donors (Lipinski definition) is 2. The molecule has 0 unspecified atom stereocenters. The fourth-order valence-electron chi connectivity index (χ4n) is 2.86. The van der Waals surface area contributed by atoms with Crippen LogP contribution in [-0.2, 0) is 16.1 Å². The molecule has 1 amide bonds. The van der Waals surface area contributed by atoms with Crippen molar-refractivity contribution in [3.05, 3.63) is 23.8 Å². The lowest BCUT2D eigenvalue weighted by molar-refractivity contribution is -0.154. The standard InChI is InChI=1S/C15H21N3O3/c1-11-16-8-5-12(18-11)10-17-13(19)9-15(14(20)21)6-3-2-4-7-15/h5,8H,2-4,6-7,9-10H2,1H3,(H,17,19)(H,20,21). The van der Waals surface area contributed by atoms with Gasteiger partial charge in [0.2, 0.25) is 5.91 Å². The third-order valence-electron chi connectivity index (χ3n) is 4.06. The van der Waals surface area contributed by atoms with Gasteiger partial charge in [-0.1, -0.05) is 19.3 Å². The number of carboxylic acids is 1. The molecule has 1 fully saturated rings. The van der Waals surface area contributed by atoms with E-state index in [2.05, 4.69) is 15.3 Å². The van der Waals surface area contributed by atoms with Crippen LogP contribution in [0.4, 0.5) is 0 Å². The quantitative estimate of drug-likeness (QED) is 0.863. The van der Waals surface area contributed by atoms with E-state index in [1.165, 1.54) is 0 Å². The van der Waals surface area contributed by atoms with Gasteiger partial charge in [0.05, 0.1) is 17.7 Å². The molecule has 6 nitrogen and oxygen atoms in total. The van der Waals surface area contributed by atoms with Gasteiger partial charge in [-0.3, -0.25) is 9.59 Å². The lowest BCUT2D eigenvalue weighted by atomic mass is 9.71. The summed E-state index contributed by atoms with van der Waals surface area (Å²) in [5, 5.41) is 12.2. The van der Waals surface area contributed by atoms with Gasteiger partial charge in [-0.25, -0.2) is 9.97 Å². The molecule has 0 saturated heterocycles. The number of nitrogens with zero attached hydrogens (tertiary/aromatic N) is 2. The molecule has 0 bridgehead atoms. The molecule has 114 valence electrons. The second kappa shape index (κ2) is 6.65. The zero-order chi connectivity index (χ0) is 15.3. The molecule has 21 heavy (non-hydrogen) atoms. The number of rotatable bonds is 5. The maximum absolute atomic E-state index is 12.1. The van der Waals surface area contributed by atoms with Crippen molar-refractivity contribution in [3.8, 4) is 0 Å². The molecule has 1 aromatic heterocycles. The van der Waals surface area contributed by atoms with E-state index in [0.717, 1.165) is 25.0 Å². The summed E-state index contributed by atoms with van der Waals surface area (Å²) in [4.78, 5) is 31.8.